The number of anilines is 1. The topological polar surface area (TPSA) is 23.5 Å². The zero-order valence-corrected chi connectivity index (χ0v) is 14.2. The summed E-state index contributed by atoms with van der Waals surface area (Å²) >= 11 is 6.09. The third-order valence-corrected chi connectivity index (χ3v) is 4.22. The van der Waals surface area contributed by atoms with E-state index in [1.807, 2.05) is 54.6 Å². The Morgan fingerprint density at radius 2 is 1.29 bits per heavy atom. The van der Waals surface area contributed by atoms with Crippen molar-refractivity contribution in [2.75, 3.05) is 4.90 Å². The molecule has 3 rings (SSSR count). The van der Waals surface area contributed by atoms with Gasteiger partial charge in [-0.15, -0.1) is 0 Å². The molecule has 0 radical (unpaired) electrons. The minimum atomic E-state index is -0.0318. The van der Waals surface area contributed by atoms with Crippen LogP contribution in [0.2, 0.25) is 5.02 Å². The number of rotatable bonds is 6. The molecule has 3 aromatic rings. The Labute approximate surface area is 147 Å². The monoisotopic (exact) mass is 337 g/mol. The lowest BCUT2D eigenvalue weighted by Gasteiger charge is -2.27. The maximum Gasteiger partial charge on any atom is 0.0702 e. The molecule has 122 valence electrons. The second-order valence-electron chi connectivity index (χ2n) is 5.76. The lowest BCUT2D eigenvalue weighted by Crippen LogP contribution is -2.23. The van der Waals surface area contributed by atoms with E-state index in [2.05, 4.69) is 29.2 Å². The Hall–Kier alpha value is -2.29. The largest absolute Gasteiger partial charge is 0.392 e. The molecule has 2 nitrogen and oxygen atoms in total. The van der Waals surface area contributed by atoms with E-state index in [0.717, 1.165) is 24.3 Å². The molecule has 0 saturated carbocycles. The highest BCUT2D eigenvalue weighted by molar-refractivity contribution is 6.30. The molecule has 0 saturated heterocycles. The molecule has 0 fully saturated rings. The van der Waals surface area contributed by atoms with Gasteiger partial charge < -0.3 is 10.0 Å². The van der Waals surface area contributed by atoms with E-state index in [1.54, 1.807) is 0 Å². The van der Waals surface area contributed by atoms with Gasteiger partial charge in [0.25, 0.3) is 0 Å². The first-order valence-corrected chi connectivity index (χ1v) is 8.36. The summed E-state index contributed by atoms with van der Waals surface area (Å²) in [5.74, 6) is 0. The lowest BCUT2D eigenvalue weighted by atomic mass is 10.1. The Morgan fingerprint density at radius 3 is 1.79 bits per heavy atom. The van der Waals surface area contributed by atoms with E-state index >= 15 is 0 Å². The molecule has 0 aliphatic rings. The number of nitrogens with zero attached hydrogens (tertiary/aromatic N) is 1. The number of halogens is 1. The van der Waals surface area contributed by atoms with Crippen LogP contribution >= 0.6 is 11.6 Å². The van der Waals surface area contributed by atoms with Gasteiger partial charge >= 0.3 is 0 Å². The number of benzene rings is 3. The van der Waals surface area contributed by atoms with Gasteiger partial charge in [-0.2, -0.15) is 0 Å². The van der Waals surface area contributed by atoms with Crippen LogP contribution in [0.4, 0.5) is 5.69 Å². The minimum Gasteiger partial charge on any atom is -0.392 e. The maximum absolute atomic E-state index is 9.74. The van der Waals surface area contributed by atoms with Gasteiger partial charge in [-0.05, 0) is 29.3 Å². The third-order valence-electron chi connectivity index (χ3n) is 3.99. The molecule has 0 heterocycles. The van der Waals surface area contributed by atoms with Crippen LogP contribution in [0.3, 0.4) is 0 Å². The molecule has 0 spiro atoms. The SMILES string of the molecule is OCc1cc(Cl)ccc1N(Cc1ccccc1)Cc1ccccc1. The van der Waals surface area contributed by atoms with Crippen LogP contribution in [0.15, 0.2) is 78.9 Å². The second-order valence-corrected chi connectivity index (χ2v) is 6.19. The van der Waals surface area contributed by atoms with Crippen molar-refractivity contribution in [2.45, 2.75) is 19.7 Å². The van der Waals surface area contributed by atoms with Crippen LogP contribution < -0.4 is 4.90 Å². The van der Waals surface area contributed by atoms with Crippen LogP contribution in [0.5, 0.6) is 0 Å². The van der Waals surface area contributed by atoms with Crippen LogP contribution in [0.25, 0.3) is 0 Å². The molecule has 0 aromatic heterocycles. The van der Waals surface area contributed by atoms with Gasteiger partial charge in [-0.1, -0.05) is 72.3 Å². The highest BCUT2D eigenvalue weighted by atomic mass is 35.5. The molecule has 3 heteroatoms. The van der Waals surface area contributed by atoms with Crippen molar-refractivity contribution >= 4 is 17.3 Å². The average Bonchev–Trinajstić information content (AvgIpc) is 2.63. The van der Waals surface area contributed by atoms with E-state index in [9.17, 15) is 5.11 Å². The molecular weight excluding hydrogens is 318 g/mol. The predicted molar refractivity (Wildman–Crippen MR) is 100 cm³/mol. The highest BCUT2D eigenvalue weighted by Crippen LogP contribution is 2.27. The zero-order chi connectivity index (χ0) is 16.8. The lowest BCUT2D eigenvalue weighted by molar-refractivity contribution is 0.282. The van der Waals surface area contributed by atoms with E-state index in [4.69, 9.17) is 11.6 Å². The smallest absolute Gasteiger partial charge is 0.0702 e. The Bertz CT molecular complexity index is 733. The first-order valence-electron chi connectivity index (χ1n) is 7.98. The van der Waals surface area contributed by atoms with Gasteiger partial charge in [0.05, 0.1) is 6.61 Å². The standard InChI is InChI=1S/C21H20ClNO/c22-20-11-12-21(19(13-20)16-24)23(14-17-7-3-1-4-8-17)15-18-9-5-2-6-10-18/h1-13,24H,14-16H2. The number of hydrogen-bond acceptors (Lipinski definition) is 2. The van der Waals surface area contributed by atoms with E-state index < -0.39 is 0 Å². The molecule has 3 aromatic carbocycles. The molecule has 24 heavy (non-hydrogen) atoms. The number of aliphatic hydroxyl groups is 1. The molecular formula is C21H20ClNO. The van der Waals surface area contributed by atoms with E-state index in [1.165, 1.54) is 11.1 Å². The summed E-state index contributed by atoms with van der Waals surface area (Å²) in [6.45, 7) is 1.50. The Morgan fingerprint density at radius 1 is 0.750 bits per heavy atom. The first kappa shape index (κ1) is 16.6. The van der Waals surface area contributed by atoms with Crippen molar-refractivity contribution in [3.05, 3.63) is 101 Å². The van der Waals surface area contributed by atoms with E-state index in [0.29, 0.717) is 5.02 Å². The second kappa shape index (κ2) is 8.00. The number of hydrogen-bond donors (Lipinski definition) is 1. The highest BCUT2D eigenvalue weighted by Gasteiger charge is 2.13. The molecule has 0 aliphatic carbocycles. The van der Waals surface area contributed by atoms with Crippen LogP contribution in [0, 0.1) is 0 Å². The Kier molecular flexibility index (Phi) is 5.52. The van der Waals surface area contributed by atoms with Crippen molar-refractivity contribution < 1.29 is 5.11 Å². The quantitative estimate of drug-likeness (QED) is 0.681. The van der Waals surface area contributed by atoms with Crippen molar-refractivity contribution in [3.8, 4) is 0 Å². The molecule has 0 amide bonds. The van der Waals surface area contributed by atoms with Gasteiger partial charge in [-0.3, -0.25) is 0 Å². The molecule has 0 unspecified atom stereocenters. The summed E-state index contributed by atoms with van der Waals surface area (Å²) in [4.78, 5) is 2.27. The summed E-state index contributed by atoms with van der Waals surface area (Å²) in [6, 6.07) is 26.4. The van der Waals surface area contributed by atoms with Crippen LogP contribution in [0.1, 0.15) is 16.7 Å². The van der Waals surface area contributed by atoms with Crippen molar-refractivity contribution in [1.82, 2.24) is 0 Å². The molecule has 0 bridgehead atoms. The van der Waals surface area contributed by atoms with Gasteiger partial charge in [0.1, 0.15) is 0 Å². The first-order chi connectivity index (χ1) is 11.8. The third kappa shape index (κ3) is 4.16. The van der Waals surface area contributed by atoms with Crippen molar-refractivity contribution in [1.29, 1.82) is 0 Å². The minimum absolute atomic E-state index is 0.0318. The summed E-state index contributed by atoms with van der Waals surface area (Å²) in [5.41, 5.74) is 4.31. The zero-order valence-electron chi connectivity index (χ0n) is 13.4. The number of aliphatic hydroxyl groups excluding tert-OH is 1. The fourth-order valence-electron chi connectivity index (χ4n) is 2.82. The van der Waals surface area contributed by atoms with Gasteiger partial charge in [0.15, 0.2) is 0 Å². The Balaban J connectivity index is 1.95. The summed E-state index contributed by atoms with van der Waals surface area (Å²) in [6.07, 6.45) is 0. The van der Waals surface area contributed by atoms with E-state index in [-0.39, 0.29) is 6.61 Å². The maximum atomic E-state index is 9.74. The summed E-state index contributed by atoms with van der Waals surface area (Å²) in [7, 11) is 0. The summed E-state index contributed by atoms with van der Waals surface area (Å²) < 4.78 is 0. The van der Waals surface area contributed by atoms with Crippen LogP contribution in [-0.4, -0.2) is 5.11 Å². The predicted octanol–water partition coefficient (Wildman–Crippen LogP) is 5.04. The van der Waals surface area contributed by atoms with Crippen molar-refractivity contribution in [2.24, 2.45) is 0 Å². The molecule has 0 aliphatic heterocycles. The van der Waals surface area contributed by atoms with Crippen molar-refractivity contribution in [3.63, 3.8) is 0 Å². The average molecular weight is 338 g/mol. The van der Waals surface area contributed by atoms with Gasteiger partial charge in [-0.25, -0.2) is 0 Å². The normalized spacial score (nSPS) is 10.6. The fourth-order valence-corrected chi connectivity index (χ4v) is 3.02. The molecule has 1 N–H and O–H groups in total. The van der Waals surface area contributed by atoms with Crippen LogP contribution in [-0.2, 0) is 19.7 Å². The fraction of sp³-hybridized carbons (Fsp3) is 0.143. The van der Waals surface area contributed by atoms with Gasteiger partial charge in [0, 0.05) is 29.4 Å². The van der Waals surface area contributed by atoms with Gasteiger partial charge in [0.2, 0.25) is 0 Å². The summed E-state index contributed by atoms with van der Waals surface area (Å²) in [5, 5.41) is 10.4. The molecule has 0 atom stereocenters.